The molecule has 2 heterocycles. The lowest BCUT2D eigenvalue weighted by Crippen LogP contribution is -2.41. The summed E-state index contributed by atoms with van der Waals surface area (Å²) >= 11 is 6.07. The van der Waals surface area contributed by atoms with Crippen LogP contribution in [-0.2, 0) is 16.1 Å². The van der Waals surface area contributed by atoms with Gasteiger partial charge in [0, 0.05) is 38.1 Å². The summed E-state index contributed by atoms with van der Waals surface area (Å²) in [6.45, 7) is 3.82. The first-order valence-corrected chi connectivity index (χ1v) is 8.69. The molecule has 2 fully saturated rings. The van der Waals surface area contributed by atoms with Gasteiger partial charge in [-0.1, -0.05) is 23.7 Å². The SMILES string of the molecule is CN(C)C(=O)C[C@@H]1OC[C@H]2CN(Cc3cccc(Cl)c3)CC[C@H]21. The molecular formula is C18H25ClN2O2. The molecule has 2 aliphatic heterocycles. The van der Waals surface area contributed by atoms with E-state index >= 15 is 0 Å². The van der Waals surface area contributed by atoms with E-state index in [0.29, 0.717) is 18.3 Å². The molecule has 1 aromatic rings. The van der Waals surface area contributed by atoms with Crippen LogP contribution in [0.5, 0.6) is 0 Å². The molecule has 0 N–H and O–H groups in total. The zero-order valence-corrected chi connectivity index (χ0v) is 14.6. The van der Waals surface area contributed by atoms with Gasteiger partial charge in [0.1, 0.15) is 0 Å². The van der Waals surface area contributed by atoms with E-state index in [0.717, 1.165) is 37.7 Å². The van der Waals surface area contributed by atoms with Crippen molar-refractivity contribution in [3.8, 4) is 0 Å². The number of nitrogens with zero attached hydrogens (tertiary/aromatic N) is 2. The first kappa shape index (κ1) is 16.7. The van der Waals surface area contributed by atoms with Gasteiger partial charge in [-0.15, -0.1) is 0 Å². The van der Waals surface area contributed by atoms with Gasteiger partial charge in [-0.3, -0.25) is 9.69 Å². The van der Waals surface area contributed by atoms with E-state index in [1.807, 2.05) is 32.3 Å². The van der Waals surface area contributed by atoms with Crippen molar-refractivity contribution in [3.63, 3.8) is 0 Å². The maximum atomic E-state index is 11.9. The van der Waals surface area contributed by atoms with Gasteiger partial charge in [-0.2, -0.15) is 0 Å². The van der Waals surface area contributed by atoms with Crippen molar-refractivity contribution in [3.05, 3.63) is 34.9 Å². The highest BCUT2D eigenvalue weighted by Crippen LogP contribution is 2.36. The fraction of sp³-hybridized carbons (Fsp3) is 0.611. The average molecular weight is 337 g/mol. The van der Waals surface area contributed by atoms with Crippen molar-refractivity contribution in [1.82, 2.24) is 9.80 Å². The number of amides is 1. The lowest BCUT2D eigenvalue weighted by Gasteiger charge is -2.35. The summed E-state index contributed by atoms with van der Waals surface area (Å²) in [7, 11) is 3.62. The summed E-state index contributed by atoms with van der Waals surface area (Å²) in [5.41, 5.74) is 1.26. The molecule has 0 saturated carbocycles. The number of hydrogen-bond donors (Lipinski definition) is 0. The number of carbonyl (C=O) groups is 1. The predicted octanol–water partition coefficient (Wildman–Crippen LogP) is 2.66. The molecule has 0 aromatic heterocycles. The summed E-state index contributed by atoms with van der Waals surface area (Å²) in [5, 5.41) is 0.795. The molecule has 0 spiro atoms. The van der Waals surface area contributed by atoms with Crippen LogP contribution < -0.4 is 0 Å². The second kappa shape index (κ2) is 7.20. The maximum absolute atomic E-state index is 11.9. The molecule has 4 nitrogen and oxygen atoms in total. The number of ether oxygens (including phenoxy) is 1. The number of carbonyl (C=O) groups excluding carboxylic acids is 1. The van der Waals surface area contributed by atoms with Crippen molar-refractivity contribution in [2.24, 2.45) is 11.8 Å². The van der Waals surface area contributed by atoms with Crippen molar-refractivity contribution < 1.29 is 9.53 Å². The maximum Gasteiger partial charge on any atom is 0.224 e. The van der Waals surface area contributed by atoms with E-state index in [1.54, 1.807) is 4.90 Å². The third-order valence-electron chi connectivity index (χ3n) is 5.05. The fourth-order valence-electron chi connectivity index (χ4n) is 3.76. The zero-order valence-electron chi connectivity index (χ0n) is 13.9. The number of likely N-dealkylation sites (tertiary alicyclic amines) is 1. The Balaban J connectivity index is 1.55. The number of fused-ring (bicyclic) bond motifs is 1. The number of rotatable bonds is 4. The second-order valence-corrected chi connectivity index (χ2v) is 7.38. The van der Waals surface area contributed by atoms with Gasteiger partial charge in [-0.25, -0.2) is 0 Å². The minimum atomic E-state index is 0.100. The lowest BCUT2D eigenvalue weighted by molar-refractivity contribution is -0.131. The average Bonchev–Trinajstić information content (AvgIpc) is 2.89. The summed E-state index contributed by atoms with van der Waals surface area (Å²) < 4.78 is 5.94. The summed E-state index contributed by atoms with van der Waals surface area (Å²) in [5.74, 6) is 1.23. The molecule has 2 aliphatic rings. The lowest BCUT2D eigenvalue weighted by atomic mass is 9.83. The number of piperidine rings is 1. The third kappa shape index (κ3) is 4.06. The highest BCUT2D eigenvalue weighted by Gasteiger charge is 2.41. The van der Waals surface area contributed by atoms with Crippen LogP contribution in [0, 0.1) is 11.8 Å². The number of hydrogen-bond acceptors (Lipinski definition) is 3. The molecule has 5 heteroatoms. The summed E-state index contributed by atoms with van der Waals surface area (Å²) in [6, 6.07) is 8.08. The van der Waals surface area contributed by atoms with Crippen LogP contribution in [0.4, 0.5) is 0 Å². The van der Waals surface area contributed by atoms with Gasteiger partial charge in [0.15, 0.2) is 0 Å². The van der Waals surface area contributed by atoms with Crippen LogP contribution >= 0.6 is 11.6 Å². The molecule has 3 atom stereocenters. The highest BCUT2D eigenvalue weighted by atomic mass is 35.5. The van der Waals surface area contributed by atoms with E-state index in [2.05, 4.69) is 11.0 Å². The van der Waals surface area contributed by atoms with Gasteiger partial charge < -0.3 is 9.64 Å². The van der Waals surface area contributed by atoms with E-state index in [1.165, 1.54) is 5.56 Å². The van der Waals surface area contributed by atoms with E-state index < -0.39 is 0 Å². The molecule has 0 bridgehead atoms. The summed E-state index contributed by atoms with van der Waals surface area (Å²) in [4.78, 5) is 16.1. The number of halogens is 1. The second-order valence-electron chi connectivity index (χ2n) is 6.94. The quantitative estimate of drug-likeness (QED) is 0.847. The van der Waals surface area contributed by atoms with Gasteiger partial charge in [-0.05, 0) is 36.6 Å². The van der Waals surface area contributed by atoms with Crippen LogP contribution in [-0.4, -0.2) is 55.6 Å². The van der Waals surface area contributed by atoms with Gasteiger partial charge in [0.25, 0.3) is 0 Å². The molecule has 126 valence electrons. The largest absolute Gasteiger partial charge is 0.377 e. The normalized spacial score (nSPS) is 27.7. The topological polar surface area (TPSA) is 32.8 Å². The Hall–Kier alpha value is -1.10. The summed E-state index contributed by atoms with van der Waals surface area (Å²) in [6.07, 6.45) is 1.72. The Morgan fingerprint density at radius 2 is 2.26 bits per heavy atom. The third-order valence-corrected chi connectivity index (χ3v) is 5.28. The standard InChI is InChI=1S/C18H25ClN2O2/c1-20(2)18(22)9-17-16-6-7-21(11-14(16)12-23-17)10-13-4-3-5-15(19)8-13/h3-5,8,14,16-17H,6-7,9-12H2,1-2H3/t14-,16-,17+/m1/s1. The molecule has 23 heavy (non-hydrogen) atoms. The fourth-order valence-corrected chi connectivity index (χ4v) is 3.98. The van der Waals surface area contributed by atoms with Crippen molar-refractivity contribution >= 4 is 17.5 Å². The zero-order chi connectivity index (χ0) is 16.4. The van der Waals surface area contributed by atoms with Crippen LogP contribution in [0.2, 0.25) is 5.02 Å². The molecule has 0 aliphatic carbocycles. The highest BCUT2D eigenvalue weighted by molar-refractivity contribution is 6.30. The molecule has 1 amide bonds. The minimum Gasteiger partial charge on any atom is -0.377 e. The van der Waals surface area contributed by atoms with Gasteiger partial charge in [0.05, 0.1) is 19.1 Å². The van der Waals surface area contributed by atoms with Crippen LogP contribution in [0.3, 0.4) is 0 Å². The Kier molecular flexibility index (Phi) is 5.24. The van der Waals surface area contributed by atoms with E-state index in [-0.39, 0.29) is 12.0 Å². The van der Waals surface area contributed by atoms with Crippen molar-refractivity contribution in [1.29, 1.82) is 0 Å². The Morgan fingerprint density at radius 1 is 1.43 bits per heavy atom. The Labute approximate surface area is 143 Å². The molecular weight excluding hydrogens is 312 g/mol. The Bertz CT molecular complexity index is 564. The van der Waals surface area contributed by atoms with Crippen molar-refractivity contribution in [2.75, 3.05) is 33.8 Å². The van der Waals surface area contributed by atoms with Crippen LogP contribution in [0.1, 0.15) is 18.4 Å². The van der Waals surface area contributed by atoms with Crippen molar-refractivity contribution in [2.45, 2.75) is 25.5 Å². The first-order valence-electron chi connectivity index (χ1n) is 8.31. The number of benzene rings is 1. The first-order chi connectivity index (χ1) is 11.0. The van der Waals surface area contributed by atoms with Crippen LogP contribution in [0.25, 0.3) is 0 Å². The van der Waals surface area contributed by atoms with Gasteiger partial charge in [0.2, 0.25) is 5.91 Å². The molecule has 2 saturated heterocycles. The van der Waals surface area contributed by atoms with Crippen LogP contribution in [0.15, 0.2) is 24.3 Å². The van der Waals surface area contributed by atoms with Gasteiger partial charge >= 0.3 is 0 Å². The predicted molar refractivity (Wildman–Crippen MR) is 91.4 cm³/mol. The minimum absolute atomic E-state index is 0.100. The van der Waals surface area contributed by atoms with E-state index in [4.69, 9.17) is 16.3 Å². The molecule has 0 unspecified atom stereocenters. The Morgan fingerprint density at radius 3 is 3.00 bits per heavy atom. The smallest absolute Gasteiger partial charge is 0.224 e. The monoisotopic (exact) mass is 336 g/mol. The molecule has 1 aromatic carbocycles. The van der Waals surface area contributed by atoms with E-state index in [9.17, 15) is 4.79 Å². The molecule has 0 radical (unpaired) electrons. The molecule has 3 rings (SSSR count).